The molecule has 0 bridgehead atoms. The highest BCUT2D eigenvalue weighted by Crippen LogP contribution is 2.29. The monoisotopic (exact) mass is 420 g/mol. The third-order valence-corrected chi connectivity index (χ3v) is 4.62. The molecule has 0 aliphatic carbocycles. The molecule has 0 atom stereocenters. The highest BCUT2D eigenvalue weighted by Gasteiger charge is 2.30. The Morgan fingerprint density at radius 1 is 1.17 bits per heavy atom. The minimum atomic E-state index is -4.43. The van der Waals surface area contributed by atoms with Crippen LogP contribution in [-0.4, -0.2) is 30.3 Å². The van der Waals surface area contributed by atoms with Crippen molar-refractivity contribution in [3.8, 4) is 0 Å². The van der Waals surface area contributed by atoms with E-state index in [-0.39, 0.29) is 18.1 Å². The van der Waals surface area contributed by atoms with Crippen molar-refractivity contribution in [1.82, 2.24) is 4.90 Å². The zero-order chi connectivity index (χ0) is 17.9. The van der Waals surface area contributed by atoms with Crippen molar-refractivity contribution in [2.24, 2.45) is 0 Å². The first-order chi connectivity index (χ1) is 11.2. The van der Waals surface area contributed by atoms with E-state index in [1.165, 1.54) is 35.4 Å². The Morgan fingerprint density at radius 2 is 1.79 bits per heavy atom. The number of anilines is 1. The number of alkyl halides is 3. The number of hydrogen-bond acceptors (Lipinski definition) is 3. The number of benzene rings is 1. The zero-order valence-corrected chi connectivity index (χ0v) is 14.8. The van der Waals surface area contributed by atoms with Crippen LogP contribution >= 0.6 is 27.3 Å². The van der Waals surface area contributed by atoms with Gasteiger partial charge in [-0.15, -0.1) is 11.3 Å². The highest BCUT2D eigenvalue weighted by molar-refractivity contribution is 9.11. The summed E-state index contributed by atoms with van der Waals surface area (Å²) in [6.07, 6.45) is -4.43. The van der Waals surface area contributed by atoms with Crippen LogP contribution in [0.25, 0.3) is 0 Å². The molecular weight excluding hydrogens is 409 g/mol. The molecule has 0 aliphatic heterocycles. The molecule has 9 heteroatoms. The zero-order valence-electron chi connectivity index (χ0n) is 12.4. The van der Waals surface area contributed by atoms with Gasteiger partial charge in [0.25, 0.3) is 5.91 Å². The van der Waals surface area contributed by atoms with Crippen LogP contribution in [-0.2, 0) is 11.0 Å². The first-order valence-electron chi connectivity index (χ1n) is 6.65. The molecule has 1 aromatic carbocycles. The summed E-state index contributed by atoms with van der Waals surface area (Å²) in [7, 11) is 1.47. The first kappa shape index (κ1) is 18.5. The highest BCUT2D eigenvalue weighted by atomic mass is 79.9. The number of hydrogen-bond donors (Lipinski definition) is 1. The number of likely N-dealkylation sites (N-methyl/N-ethyl adjacent to an activating group) is 1. The quantitative estimate of drug-likeness (QED) is 0.803. The van der Waals surface area contributed by atoms with Crippen molar-refractivity contribution >= 4 is 44.8 Å². The van der Waals surface area contributed by atoms with E-state index in [1.807, 2.05) is 0 Å². The number of halogens is 4. The van der Waals surface area contributed by atoms with Gasteiger partial charge in [-0.2, -0.15) is 13.2 Å². The van der Waals surface area contributed by atoms with E-state index in [0.717, 1.165) is 15.9 Å². The van der Waals surface area contributed by atoms with Gasteiger partial charge in [-0.3, -0.25) is 9.59 Å². The van der Waals surface area contributed by atoms with Crippen LogP contribution in [0.3, 0.4) is 0 Å². The summed E-state index contributed by atoms with van der Waals surface area (Å²) in [5.41, 5.74) is -0.566. The Hall–Kier alpha value is -1.87. The van der Waals surface area contributed by atoms with Gasteiger partial charge in [-0.25, -0.2) is 0 Å². The van der Waals surface area contributed by atoms with Crippen LogP contribution in [0, 0.1) is 0 Å². The second-order valence-corrected chi connectivity index (χ2v) is 7.35. The summed E-state index contributed by atoms with van der Waals surface area (Å²) in [4.78, 5) is 25.7. The number of thiophene rings is 1. The number of carbonyl (C=O) groups is 2. The maximum absolute atomic E-state index is 12.5. The molecule has 0 spiro atoms. The summed E-state index contributed by atoms with van der Waals surface area (Å²) >= 11 is 4.50. The summed E-state index contributed by atoms with van der Waals surface area (Å²) in [6, 6.07) is 7.47. The lowest BCUT2D eigenvalue weighted by Gasteiger charge is -2.16. The predicted octanol–water partition coefficient (Wildman–Crippen LogP) is 4.24. The van der Waals surface area contributed by atoms with Gasteiger partial charge in [0.15, 0.2) is 0 Å². The van der Waals surface area contributed by atoms with E-state index in [1.54, 1.807) is 12.1 Å². The summed E-state index contributed by atoms with van der Waals surface area (Å²) in [5, 5.41) is 2.46. The Balaban J connectivity index is 1.94. The molecule has 0 radical (unpaired) electrons. The molecule has 0 saturated carbocycles. The number of nitrogens with one attached hydrogen (secondary N) is 1. The van der Waals surface area contributed by atoms with E-state index >= 15 is 0 Å². The number of nitrogens with zero attached hydrogens (tertiary/aromatic N) is 1. The average Bonchev–Trinajstić information content (AvgIpc) is 2.92. The summed E-state index contributed by atoms with van der Waals surface area (Å²) < 4.78 is 38.2. The molecule has 0 saturated heterocycles. The number of amides is 2. The van der Waals surface area contributed by atoms with Crippen molar-refractivity contribution in [3.63, 3.8) is 0 Å². The van der Waals surface area contributed by atoms with E-state index < -0.39 is 17.6 Å². The fourth-order valence-electron chi connectivity index (χ4n) is 1.85. The molecule has 2 amide bonds. The molecule has 2 aromatic rings. The first-order valence-corrected chi connectivity index (χ1v) is 8.25. The van der Waals surface area contributed by atoms with E-state index in [9.17, 15) is 22.8 Å². The SMILES string of the molecule is CN(CC(=O)Nc1ccc(C(F)(F)F)cc1)C(=O)c1ccc(Br)s1. The van der Waals surface area contributed by atoms with Gasteiger partial charge in [0.05, 0.1) is 20.8 Å². The second kappa shape index (κ2) is 7.35. The minimum Gasteiger partial charge on any atom is -0.332 e. The lowest BCUT2D eigenvalue weighted by Crippen LogP contribution is -2.34. The molecule has 0 unspecified atom stereocenters. The number of rotatable bonds is 4. The Bertz CT molecular complexity index is 744. The fraction of sp³-hybridized carbons (Fsp3) is 0.200. The largest absolute Gasteiger partial charge is 0.416 e. The predicted molar refractivity (Wildman–Crippen MR) is 89.1 cm³/mol. The van der Waals surface area contributed by atoms with Gasteiger partial charge < -0.3 is 10.2 Å². The van der Waals surface area contributed by atoms with Crippen LogP contribution in [0.1, 0.15) is 15.2 Å². The smallest absolute Gasteiger partial charge is 0.332 e. The molecule has 0 aliphatic rings. The van der Waals surface area contributed by atoms with Gasteiger partial charge in [0, 0.05) is 12.7 Å². The second-order valence-electron chi connectivity index (χ2n) is 4.89. The lowest BCUT2D eigenvalue weighted by molar-refractivity contribution is -0.137. The third-order valence-electron chi connectivity index (χ3n) is 3.01. The molecular formula is C15H12BrF3N2O2S. The Kier molecular flexibility index (Phi) is 5.66. The maximum Gasteiger partial charge on any atom is 0.416 e. The Labute approximate surface area is 148 Å². The summed E-state index contributed by atoms with van der Waals surface area (Å²) in [6.45, 7) is -0.213. The van der Waals surface area contributed by atoms with Gasteiger partial charge in [0.2, 0.25) is 5.91 Å². The fourth-order valence-corrected chi connectivity index (χ4v) is 3.23. The van der Waals surface area contributed by atoms with Crippen molar-refractivity contribution in [1.29, 1.82) is 0 Å². The topological polar surface area (TPSA) is 49.4 Å². The third kappa shape index (κ3) is 4.81. The lowest BCUT2D eigenvalue weighted by atomic mass is 10.2. The molecule has 1 aromatic heterocycles. The van der Waals surface area contributed by atoms with Gasteiger partial charge in [-0.1, -0.05) is 0 Å². The average molecular weight is 421 g/mol. The standard InChI is InChI=1S/C15H12BrF3N2O2S/c1-21(14(23)11-6-7-12(16)24-11)8-13(22)20-10-4-2-9(3-5-10)15(17,18)19/h2-7H,8H2,1H3,(H,20,22). The number of carbonyl (C=O) groups excluding carboxylic acids is 2. The maximum atomic E-state index is 12.5. The minimum absolute atomic E-state index is 0.213. The van der Waals surface area contributed by atoms with Gasteiger partial charge in [0.1, 0.15) is 0 Å². The molecule has 24 heavy (non-hydrogen) atoms. The molecule has 1 N–H and O–H groups in total. The normalized spacial score (nSPS) is 11.2. The van der Waals surface area contributed by atoms with Crippen LogP contribution in [0.15, 0.2) is 40.2 Å². The van der Waals surface area contributed by atoms with Crippen molar-refractivity contribution in [3.05, 3.63) is 50.6 Å². The van der Waals surface area contributed by atoms with Crippen molar-refractivity contribution in [2.75, 3.05) is 18.9 Å². The van der Waals surface area contributed by atoms with E-state index in [0.29, 0.717) is 4.88 Å². The molecule has 1 heterocycles. The Morgan fingerprint density at radius 3 is 2.29 bits per heavy atom. The van der Waals surface area contributed by atoms with Crippen LogP contribution < -0.4 is 5.32 Å². The molecule has 0 fully saturated rings. The van der Waals surface area contributed by atoms with Crippen LogP contribution in [0.2, 0.25) is 0 Å². The van der Waals surface area contributed by atoms with Crippen molar-refractivity contribution < 1.29 is 22.8 Å². The molecule has 4 nitrogen and oxygen atoms in total. The molecule has 128 valence electrons. The van der Waals surface area contributed by atoms with Crippen LogP contribution in [0.5, 0.6) is 0 Å². The van der Waals surface area contributed by atoms with E-state index in [2.05, 4.69) is 21.2 Å². The van der Waals surface area contributed by atoms with Crippen LogP contribution in [0.4, 0.5) is 18.9 Å². The molecule has 2 rings (SSSR count). The van der Waals surface area contributed by atoms with Crippen molar-refractivity contribution in [2.45, 2.75) is 6.18 Å². The van der Waals surface area contributed by atoms with E-state index in [4.69, 9.17) is 0 Å². The summed E-state index contributed by atoms with van der Waals surface area (Å²) in [5.74, 6) is -0.811. The van der Waals surface area contributed by atoms with Gasteiger partial charge in [-0.05, 0) is 52.3 Å². The van der Waals surface area contributed by atoms with Gasteiger partial charge >= 0.3 is 6.18 Å².